The standard InChI is InChI=1S/C10H15N/c1-2-7-6-10(9(7)3-1)11-8-4-5-8/h1-2,7-11H,3-6H2. The van der Waals surface area contributed by atoms with Crippen molar-refractivity contribution in [2.75, 3.05) is 0 Å². The molecular weight excluding hydrogens is 134 g/mol. The minimum atomic E-state index is 0.877. The molecule has 2 saturated carbocycles. The summed E-state index contributed by atoms with van der Waals surface area (Å²) in [4.78, 5) is 0. The second-order valence-corrected chi connectivity index (χ2v) is 4.27. The topological polar surface area (TPSA) is 12.0 Å². The van der Waals surface area contributed by atoms with E-state index in [0.717, 1.165) is 23.9 Å². The zero-order chi connectivity index (χ0) is 7.26. The van der Waals surface area contributed by atoms with Crippen molar-refractivity contribution >= 4 is 0 Å². The molecule has 0 aliphatic heterocycles. The van der Waals surface area contributed by atoms with Crippen LogP contribution >= 0.6 is 0 Å². The van der Waals surface area contributed by atoms with Crippen LogP contribution in [-0.2, 0) is 0 Å². The SMILES string of the molecule is C1=CC2CC(NC3CC3)C2C1. The fourth-order valence-corrected chi connectivity index (χ4v) is 2.46. The van der Waals surface area contributed by atoms with Crippen LogP contribution in [0.25, 0.3) is 0 Å². The van der Waals surface area contributed by atoms with Crippen molar-refractivity contribution in [3.8, 4) is 0 Å². The summed E-state index contributed by atoms with van der Waals surface area (Å²) < 4.78 is 0. The van der Waals surface area contributed by atoms with Crippen molar-refractivity contribution < 1.29 is 0 Å². The second-order valence-electron chi connectivity index (χ2n) is 4.27. The van der Waals surface area contributed by atoms with E-state index in [4.69, 9.17) is 0 Å². The summed E-state index contributed by atoms with van der Waals surface area (Å²) in [6.07, 6.45) is 10.4. The number of fused-ring (bicyclic) bond motifs is 1. The summed E-state index contributed by atoms with van der Waals surface area (Å²) in [6, 6.07) is 1.78. The van der Waals surface area contributed by atoms with E-state index in [0.29, 0.717) is 0 Å². The average Bonchev–Trinajstić information content (AvgIpc) is 2.71. The predicted octanol–water partition coefficient (Wildman–Crippen LogP) is 1.70. The van der Waals surface area contributed by atoms with Gasteiger partial charge in [0.25, 0.3) is 0 Å². The molecule has 0 aromatic rings. The van der Waals surface area contributed by atoms with Crippen LogP contribution in [0.5, 0.6) is 0 Å². The Labute approximate surface area is 67.9 Å². The van der Waals surface area contributed by atoms with Gasteiger partial charge in [-0.15, -0.1) is 0 Å². The molecule has 11 heavy (non-hydrogen) atoms. The van der Waals surface area contributed by atoms with E-state index in [9.17, 15) is 0 Å². The monoisotopic (exact) mass is 149 g/mol. The third-order valence-corrected chi connectivity index (χ3v) is 3.41. The van der Waals surface area contributed by atoms with Crippen LogP contribution in [0.4, 0.5) is 0 Å². The zero-order valence-electron chi connectivity index (χ0n) is 6.79. The Bertz CT molecular complexity index is 193. The summed E-state index contributed by atoms with van der Waals surface area (Å²) >= 11 is 0. The van der Waals surface area contributed by atoms with Gasteiger partial charge in [0.05, 0.1) is 0 Å². The van der Waals surface area contributed by atoms with Crippen LogP contribution in [0.15, 0.2) is 12.2 Å². The normalized spacial score (nSPS) is 47.1. The molecule has 2 fully saturated rings. The quantitative estimate of drug-likeness (QED) is 0.589. The molecule has 3 unspecified atom stereocenters. The van der Waals surface area contributed by atoms with Crippen molar-refractivity contribution in [3.63, 3.8) is 0 Å². The molecule has 0 radical (unpaired) electrons. The number of hydrogen-bond acceptors (Lipinski definition) is 1. The van der Waals surface area contributed by atoms with Gasteiger partial charge in [-0.3, -0.25) is 0 Å². The van der Waals surface area contributed by atoms with E-state index in [2.05, 4.69) is 17.5 Å². The highest BCUT2D eigenvalue weighted by atomic mass is 15.0. The molecule has 0 amide bonds. The fraction of sp³-hybridized carbons (Fsp3) is 0.800. The molecule has 0 aromatic heterocycles. The maximum absolute atomic E-state index is 3.72. The lowest BCUT2D eigenvalue weighted by Crippen LogP contribution is -2.48. The number of rotatable bonds is 2. The van der Waals surface area contributed by atoms with E-state index in [-0.39, 0.29) is 0 Å². The van der Waals surface area contributed by atoms with Crippen molar-refractivity contribution in [1.29, 1.82) is 0 Å². The van der Waals surface area contributed by atoms with E-state index < -0.39 is 0 Å². The van der Waals surface area contributed by atoms with Crippen LogP contribution in [-0.4, -0.2) is 12.1 Å². The van der Waals surface area contributed by atoms with E-state index in [1.54, 1.807) is 0 Å². The molecule has 1 N–H and O–H groups in total. The van der Waals surface area contributed by atoms with Gasteiger partial charge in [-0.2, -0.15) is 0 Å². The Kier molecular flexibility index (Phi) is 1.19. The van der Waals surface area contributed by atoms with Crippen molar-refractivity contribution in [2.24, 2.45) is 11.8 Å². The van der Waals surface area contributed by atoms with Crippen molar-refractivity contribution in [1.82, 2.24) is 5.32 Å². The van der Waals surface area contributed by atoms with E-state index in [1.807, 2.05) is 0 Å². The van der Waals surface area contributed by atoms with Gasteiger partial charge < -0.3 is 5.32 Å². The molecule has 60 valence electrons. The molecule has 0 spiro atoms. The highest BCUT2D eigenvalue weighted by Gasteiger charge is 2.42. The third kappa shape index (κ3) is 0.943. The Morgan fingerprint density at radius 2 is 2.18 bits per heavy atom. The van der Waals surface area contributed by atoms with Crippen LogP contribution in [0.1, 0.15) is 25.7 Å². The molecule has 0 bridgehead atoms. The zero-order valence-corrected chi connectivity index (χ0v) is 6.79. The maximum Gasteiger partial charge on any atom is 0.0112 e. The van der Waals surface area contributed by atoms with E-state index >= 15 is 0 Å². The molecule has 3 atom stereocenters. The smallest absolute Gasteiger partial charge is 0.0112 e. The first-order valence-electron chi connectivity index (χ1n) is 4.86. The minimum Gasteiger partial charge on any atom is -0.311 e. The first kappa shape index (κ1) is 6.24. The summed E-state index contributed by atoms with van der Waals surface area (Å²) in [5.41, 5.74) is 0. The molecule has 0 aromatic carbocycles. The summed E-state index contributed by atoms with van der Waals surface area (Å²) in [6.45, 7) is 0. The molecule has 0 saturated heterocycles. The van der Waals surface area contributed by atoms with E-state index in [1.165, 1.54) is 25.7 Å². The number of allylic oxidation sites excluding steroid dienone is 2. The largest absolute Gasteiger partial charge is 0.311 e. The Hall–Kier alpha value is -0.300. The first-order valence-corrected chi connectivity index (χ1v) is 4.86. The van der Waals surface area contributed by atoms with Crippen LogP contribution in [0.2, 0.25) is 0 Å². The Morgan fingerprint density at radius 1 is 1.27 bits per heavy atom. The molecule has 1 nitrogen and oxygen atoms in total. The van der Waals surface area contributed by atoms with Crippen LogP contribution in [0, 0.1) is 11.8 Å². The van der Waals surface area contributed by atoms with Gasteiger partial charge in [-0.1, -0.05) is 12.2 Å². The molecule has 3 rings (SSSR count). The van der Waals surface area contributed by atoms with Crippen LogP contribution < -0.4 is 5.32 Å². The number of nitrogens with one attached hydrogen (secondary N) is 1. The van der Waals surface area contributed by atoms with Gasteiger partial charge >= 0.3 is 0 Å². The number of hydrogen-bond donors (Lipinski definition) is 1. The Morgan fingerprint density at radius 3 is 2.91 bits per heavy atom. The summed E-state index contributed by atoms with van der Waals surface area (Å²) in [5, 5.41) is 3.72. The van der Waals surface area contributed by atoms with Gasteiger partial charge in [0, 0.05) is 12.1 Å². The van der Waals surface area contributed by atoms with Gasteiger partial charge in [-0.05, 0) is 37.5 Å². The van der Waals surface area contributed by atoms with Gasteiger partial charge in [0.1, 0.15) is 0 Å². The fourth-order valence-electron chi connectivity index (χ4n) is 2.46. The molecular formula is C10H15N. The van der Waals surface area contributed by atoms with Gasteiger partial charge in [0.15, 0.2) is 0 Å². The molecule has 3 aliphatic carbocycles. The van der Waals surface area contributed by atoms with Crippen molar-refractivity contribution in [3.05, 3.63) is 12.2 Å². The average molecular weight is 149 g/mol. The first-order chi connectivity index (χ1) is 5.43. The van der Waals surface area contributed by atoms with Crippen LogP contribution in [0.3, 0.4) is 0 Å². The Balaban J connectivity index is 1.58. The van der Waals surface area contributed by atoms with Gasteiger partial charge in [-0.25, -0.2) is 0 Å². The van der Waals surface area contributed by atoms with Crippen molar-refractivity contribution in [2.45, 2.75) is 37.8 Å². The minimum absolute atomic E-state index is 0.877. The lowest BCUT2D eigenvalue weighted by atomic mass is 9.71. The lowest BCUT2D eigenvalue weighted by molar-refractivity contribution is 0.158. The highest BCUT2D eigenvalue weighted by molar-refractivity contribution is 5.13. The summed E-state index contributed by atoms with van der Waals surface area (Å²) in [5.74, 6) is 1.93. The molecule has 1 heteroatoms. The lowest BCUT2D eigenvalue weighted by Gasteiger charge is -2.41. The molecule has 0 heterocycles. The second kappa shape index (κ2) is 2.10. The molecule has 3 aliphatic rings. The maximum atomic E-state index is 3.72. The summed E-state index contributed by atoms with van der Waals surface area (Å²) in [7, 11) is 0. The highest BCUT2D eigenvalue weighted by Crippen LogP contribution is 2.43. The predicted molar refractivity (Wildman–Crippen MR) is 45.3 cm³/mol. The third-order valence-electron chi connectivity index (χ3n) is 3.41. The van der Waals surface area contributed by atoms with Gasteiger partial charge in [0.2, 0.25) is 0 Å².